The van der Waals surface area contributed by atoms with E-state index >= 15 is 0 Å². The number of hydrogen-bond acceptors (Lipinski definition) is 6. The molecule has 0 saturated heterocycles. The van der Waals surface area contributed by atoms with Crippen molar-refractivity contribution in [2.24, 2.45) is 5.73 Å². The molecular weight excluding hydrogens is 370 g/mol. The molecule has 0 spiro atoms. The maximum Gasteiger partial charge on any atom is 0.263 e. The van der Waals surface area contributed by atoms with Crippen molar-refractivity contribution < 1.29 is 9.21 Å². The summed E-state index contributed by atoms with van der Waals surface area (Å²) in [5.41, 5.74) is 6.39. The Balaban J connectivity index is 1.81. The van der Waals surface area contributed by atoms with E-state index in [4.69, 9.17) is 15.1 Å². The third-order valence-corrected chi connectivity index (χ3v) is 6.68. The second-order valence-corrected chi connectivity index (χ2v) is 8.47. The fourth-order valence-electron chi connectivity index (χ4n) is 3.27. The molecule has 3 heterocycles. The maximum atomic E-state index is 13.3. The standard InChI is InChI=1S/C18H19N3O3S2/c19-14(22)7-9-25-18-20-16-15(12-5-1-2-6-13(12)26-16)17(23)21(18)10-11-4-3-8-24-11/h3-4,8H,1-2,5-7,9-10H2,(H2,19,22). The molecule has 3 aromatic rings. The van der Waals surface area contributed by atoms with Crippen LogP contribution in [0.5, 0.6) is 0 Å². The SMILES string of the molecule is NC(=O)CCSc1nc2sc3c(c2c(=O)n1Cc1ccco1)CCCC3. The highest BCUT2D eigenvalue weighted by atomic mass is 32.2. The zero-order valence-electron chi connectivity index (χ0n) is 14.2. The van der Waals surface area contributed by atoms with Gasteiger partial charge in [-0.25, -0.2) is 4.98 Å². The van der Waals surface area contributed by atoms with Crippen molar-refractivity contribution in [2.45, 2.75) is 43.8 Å². The van der Waals surface area contributed by atoms with E-state index in [1.54, 1.807) is 28.2 Å². The van der Waals surface area contributed by atoms with Crippen molar-refractivity contribution in [3.8, 4) is 0 Å². The van der Waals surface area contributed by atoms with Gasteiger partial charge in [-0.1, -0.05) is 11.8 Å². The van der Waals surface area contributed by atoms with E-state index < -0.39 is 0 Å². The first-order valence-corrected chi connectivity index (χ1v) is 10.4. The molecule has 0 unspecified atom stereocenters. The van der Waals surface area contributed by atoms with Crippen LogP contribution in [-0.2, 0) is 24.2 Å². The highest BCUT2D eigenvalue weighted by molar-refractivity contribution is 7.99. The number of amides is 1. The number of nitrogens with zero attached hydrogens (tertiary/aromatic N) is 2. The highest BCUT2D eigenvalue weighted by Gasteiger charge is 2.22. The van der Waals surface area contributed by atoms with E-state index in [9.17, 15) is 9.59 Å². The van der Waals surface area contributed by atoms with Crippen molar-refractivity contribution in [1.82, 2.24) is 9.55 Å². The largest absolute Gasteiger partial charge is 0.467 e. The van der Waals surface area contributed by atoms with Gasteiger partial charge in [0.1, 0.15) is 10.6 Å². The van der Waals surface area contributed by atoms with Crippen LogP contribution in [0.25, 0.3) is 10.2 Å². The monoisotopic (exact) mass is 389 g/mol. The van der Waals surface area contributed by atoms with Crippen molar-refractivity contribution in [1.29, 1.82) is 0 Å². The fraction of sp³-hybridized carbons (Fsp3) is 0.389. The summed E-state index contributed by atoms with van der Waals surface area (Å²) in [6.45, 7) is 0.332. The Morgan fingerprint density at radius 1 is 1.38 bits per heavy atom. The van der Waals surface area contributed by atoms with Gasteiger partial charge in [0.05, 0.1) is 18.2 Å². The lowest BCUT2D eigenvalue weighted by atomic mass is 9.97. The van der Waals surface area contributed by atoms with Crippen LogP contribution in [0.1, 0.15) is 35.5 Å². The topological polar surface area (TPSA) is 91.1 Å². The Hall–Kier alpha value is -2.06. The number of aryl methyl sites for hydroxylation is 2. The predicted octanol–water partition coefficient (Wildman–Crippen LogP) is 2.95. The quantitative estimate of drug-likeness (QED) is 0.517. The van der Waals surface area contributed by atoms with Crippen LogP contribution in [0, 0.1) is 0 Å². The smallest absolute Gasteiger partial charge is 0.263 e. The van der Waals surface area contributed by atoms with Gasteiger partial charge in [0, 0.05) is 17.1 Å². The number of thiophene rings is 1. The third kappa shape index (κ3) is 3.31. The average molecular weight is 390 g/mol. The van der Waals surface area contributed by atoms with E-state index in [-0.39, 0.29) is 17.9 Å². The zero-order chi connectivity index (χ0) is 18.1. The summed E-state index contributed by atoms with van der Waals surface area (Å²) in [5.74, 6) is 0.843. The van der Waals surface area contributed by atoms with Crippen LogP contribution in [-0.4, -0.2) is 21.2 Å². The van der Waals surface area contributed by atoms with Crippen molar-refractivity contribution >= 4 is 39.2 Å². The molecule has 1 amide bonds. The number of fused-ring (bicyclic) bond motifs is 3. The van der Waals surface area contributed by atoms with Crippen molar-refractivity contribution in [3.05, 3.63) is 45.0 Å². The Morgan fingerprint density at radius 2 is 2.23 bits per heavy atom. The Kier molecular flexibility index (Phi) is 4.86. The number of aromatic nitrogens is 2. The average Bonchev–Trinajstić information content (AvgIpc) is 3.25. The third-order valence-electron chi connectivity index (χ3n) is 4.51. The number of thioether (sulfide) groups is 1. The minimum atomic E-state index is -0.356. The summed E-state index contributed by atoms with van der Waals surface area (Å²) in [4.78, 5) is 31.2. The Morgan fingerprint density at radius 3 is 3.00 bits per heavy atom. The van der Waals surface area contributed by atoms with Gasteiger partial charge in [-0.2, -0.15) is 0 Å². The lowest BCUT2D eigenvalue weighted by Gasteiger charge is -2.12. The van der Waals surface area contributed by atoms with Crippen LogP contribution >= 0.6 is 23.1 Å². The molecule has 0 fully saturated rings. The van der Waals surface area contributed by atoms with Crippen molar-refractivity contribution in [2.75, 3.05) is 5.75 Å². The van der Waals surface area contributed by atoms with Crippen LogP contribution in [0.3, 0.4) is 0 Å². The maximum absolute atomic E-state index is 13.3. The van der Waals surface area contributed by atoms with Gasteiger partial charge in [-0.15, -0.1) is 11.3 Å². The lowest BCUT2D eigenvalue weighted by Crippen LogP contribution is -2.24. The Bertz CT molecular complexity index is 1010. The lowest BCUT2D eigenvalue weighted by molar-refractivity contribution is -0.117. The summed E-state index contributed by atoms with van der Waals surface area (Å²) in [6.07, 6.45) is 6.10. The molecule has 0 bridgehead atoms. The number of primary amides is 1. The number of carbonyl (C=O) groups is 1. The molecular formula is C18H19N3O3S2. The molecule has 26 heavy (non-hydrogen) atoms. The summed E-state index contributed by atoms with van der Waals surface area (Å²) in [5, 5.41) is 1.37. The molecule has 4 rings (SSSR count). The highest BCUT2D eigenvalue weighted by Crippen LogP contribution is 2.34. The van der Waals surface area contributed by atoms with E-state index in [1.165, 1.54) is 28.6 Å². The zero-order valence-corrected chi connectivity index (χ0v) is 15.8. The molecule has 1 aliphatic carbocycles. The first-order chi connectivity index (χ1) is 12.6. The van der Waals surface area contributed by atoms with Gasteiger partial charge in [0.2, 0.25) is 5.91 Å². The number of rotatable bonds is 6. The number of hydrogen-bond donors (Lipinski definition) is 1. The second-order valence-electron chi connectivity index (χ2n) is 6.32. The molecule has 0 radical (unpaired) electrons. The molecule has 0 atom stereocenters. The number of furan rings is 1. The van der Waals surface area contributed by atoms with Gasteiger partial charge < -0.3 is 10.2 Å². The minimum Gasteiger partial charge on any atom is -0.467 e. The fourth-order valence-corrected chi connectivity index (χ4v) is 5.53. The molecule has 0 saturated carbocycles. The number of nitrogens with two attached hydrogens (primary N) is 1. The van der Waals surface area contributed by atoms with Gasteiger partial charge in [-0.3, -0.25) is 14.2 Å². The summed E-state index contributed by atoms with van der Waals surface area (Å²) >= 11 is 3.02. The summed E-state index contributed by atoms with van der Waals surface area (Å²) < 4.78 is 7.09. The van der Waals surface area contributed by atoms with E-state index in [0.29, 0.717) is 23.2 Å². The van der Waals surface area contributed by atoms with Crippen LogP contribution < -0.4 is 11.3 Å². The summed E-state index contributed by atoms with van der Waals surface area (Å²) in [6, 6.07) is 3.65. The van der Waals surface area contributed by atoms with Crippen LogP contribution in [0.4, 0.5) is 0 Å². The summed E-state index contributed by atoms with van der Waals surface area (Å²) in [7, 11) is 0. The minimum absolute atomic E-state index is 0.0209. The Labute approximate surface area is 158 Å². The van der Waals surface area contributed by atoms with Gasteiger partial charge in [0.25, 0.3) is 5.56 Å². The van der Waals surface area contributed by atoms with Crippen molar-refractivity contribution in [3.63, 3.8) is 0 Å². The first kappa shape index (κ1) is 17.4. The molecule has 0 aliphatic heterocycles. The molecule has 136 valence electrons. The van der Waals surface area contributed by atoms with Gasteiger partial charge in [0.15, 0.2) is 5.16 Å². The van der Waals surface area contributed by atoms with E-state index in [0.717, 1.165) is 29.5 Å². The molecule has 3 aromatic heterocycles. The molecule has 6 nitrogen and oxygen atoms in total. The molecule has 1 aliphatic rings. The molecule has 0 aromatic carbocycles. The van der Waals surface area contributed by atoms with E-state index in [2.05, 4.69) is 0 Å². The van der Waals surface area contributed by atoms with Gasteiger partial charge in [-0.05, 0) is 43.4 Å². The number of carbonyl (C=O) groups excluding carboxylic acids is 1. The molecule has 2 N–H and O–H groups in total. The van der Waals surface area contributed by atoms with E-state index in [1.807, 2.05) is 6.07 Å². The predicted molar refractivity (Wildman–Crippen MR) is 103 cm³/mol. The second kappa shape index (κ2) is 7.28. The van der Waals surface area contributed by atoms with Gasteiger partial charge >= 0.3 is 0 Å². The van der Waals surface area contributed by atoms with Crippen LogP contribution in [0.15, 0.2) is 32.8 Å². The van der Waals surface area contributed by atoms with Crippen LogP contribution in [0.2, 0.25) is 0 Å². The normalized spacial score (nSPS) is 13.8. The first-order valence-electron chi connectivity index (χ1n) is 8.62. The molecule has 8 heteroatoms.